The Bertz CT molecular complexity index is 1260. The first-order valence-corrected chi connectivity index (χ1v) is 10.9. The highest BCUT2D eigenvalue weighted by Gasteiger charge is 2.13. The van der Waals surface area contributed by atoms with Crippen molar-refractivity contribution in [3.63, 3.8) is 0 Å². The molecule has 1 amide bonds. The van der Waals surface area contributed by atoms with Crippen LogP contribution in [0.1, 0.15) is 11.1 Å². The number of nitrogens with two attached hydrogens (primary N) is 1. The molecule has 32 heavy (non-hydrogen) atoms. The number of amides is 1. The Morgan fingerprint density at radius 1 is 1.16 bits per heavy atom. The molecular formula is C21H21FN6O3S. The maximum absolute atomic E-state index is 14.2. The number of anilines is 4. The summed E-state index contributed by atoms with van der Waals surface area (Å²) in [5.41, 5.74) is 2.29. The standard InChI is InChI=1S/C21H21FN6O3S/c1-3-19(29)24-11-14-5-8-15(9-6-14)26-20-17(22)12-25-21(28-20)27-16-7-4-13(2)18(10-16)32(23,30)31/h3-10,12H,1,11H2,2H3,(H,24,29)(H2,23,30,31)(H2,25,26,27,28). The second kappa shape index (κ2) is 9.54. The molecule has 0 radical (unpaired) electrons. The number of benzene rings is 2. The Labute approximate surface area is 184 Å². The van der Waals surface area contributed by atoms with Crippen molar-refractivity contribution < 1.29 is 17.6 Å². The second-order valence-electron chi connectivity index (χ2n) is 6.78. The van der Waals surface area contributed by atoms with Gasteiger partial charge in [0.2, 0.25) is 21.9 Å². The maximum atomic E-state index is 14.2. The van der Waals surface area contributed by atoms with Gasteiger partial charge >= 0.3 is 0 Å². The zero-order chi connectivity index (χ0) is 23.3. The third kappa shape index (κ3) is 5.86. The number of carbonyl (C=O) groups is 1. The van der Waals surface area contributed by atoms with E-state index in [-0.39, 0.29) is 22.6 Å². The van der Waals surface area contributed by atoms with Crippen molar-refractivity contribution in [2.75, 3.05) is 10.6 Å². The van der Waals surface area contributed by atoms with Crippen LogP contribution in [0, 0.1) is 12.7 Å². The average Bonchev–Trinajstić information content (AvgIpc) is 2.76. The first kappa shape index (κ1) is 22.8. The lowest BCUT2D eigenvalue weighted by atomic mass is 10.2. The summed E-state index contributed by atoms with van der Waals surface area (Å²) in [6.45, 7) is 5.34. The average molecular weight is 457 g/mol. The van der Waals surface area contributed by atoms with Crippen molar-refractivity contribution in [1.29, 1.82) is 0 Å². The number of aromatic nitrogens is 2. The lowest BCUT2D eigenvalue weighted by Crippen LogP contribution is -2.19. The lowest BCUT2D eigenvalue weighted by molar-refractivity contribution is -0.116. The van der Waals surface area contributed by atoms with E-state index in [1.165, 1.54) is 12.1 Å². The van der Waals surface area contributed by atoms with E-state index in [0.29, 0.717) is 23.5 Å². The largest absolute Gasteiger partial charge is 0.348 e. The molecule has 0 aliphatic heterocycles. The summed E-state index contributed by atoms with van der Waals surface area (Å²) in [7, 11) is -3.90. The van der Waals surface area contributed by atoms with E-state index < -0.39 is 15.8 Å². The molecule has 0 bridgehead atoms. The van der Waals surface area contributed by atoms with Gasteiger partial charge in [0, 0.05) is 17.9 Å². The number of rotatable bonds is 8. The highest BCUT2D eigenvalue weighted by atomic mass is 32.2. The van der Waals surface area contributed by atoms with Gasteiger partial charge in [-0.05, 0) is 48.4 Å². The van der Waals surface area contributed by atoms with E-state index in [1.807, 2.05) is 0 Å². The fraction of sp³-hybridized carbons (Fsp3) is 0.0952. The van der Waals surface area contributed by atoms with Gasteiger partial charge in [0.1, 0.15) is 0 Å². The van der Waals surface area contributed by atoms with Crippen molar-refractivity contribution in [1.82, 2.24) is 15.3 Å². The van der Waals surface area contributed by atoms with Gasteiger partial charge in [-0.25, -0.2) is 22.9 Å². The van der Waals surface area contributed by atoms with Gasteiger partial charge in [0.15, 0.2) is 11.6 Å². The molecule has 0 aliphatic rings. The first-order chi connectivity index (χ1) is 15.2. The van der Waals surface area contributed by atoms with Gasteiger partial charge < -0.3 is 16.0 Å². The van der Waals surface area contributed by atoms with E-state index in [9.17, 15) is 17.6 Å². The zero-order valence-electron chi connectivity index (χ0n) is 17.1. The Morgan fingerprint density at radius 2 is 1.84 bits per heavy atom. The molecule has 0 saturated carbocycles. The van der Waals surface area contributed by atoms with Crippen LogP contribution in [0.15, 0.2) is 66.2 Å². The van der Waals surface area contributed by atoms with Crippen LogP contribution >= 0.6 is 0 Å². The van der Waals surface area contributed by atoms with Crippen LogP contribution in [-0.2, 0) is 21.4 Å². The predicted octanol–water partition coefficient (Wildman–Crippen LogP) is 2.86. The molecule has 0 atom stereocenters. The van der Waals surface area contributed by atoms with Crippen LogP contribution in [-0.4, -0.2) is 24.3 Å². The number of aryl methyl sites for hydroxylation is 1. The summed E-state index contributed by atoms with van der Waals surface area (Å²) in [6.07, 6.45) is 2.18. The summed E-state index contributed by atoms with van der Waals surface area (Å²) in [5.74, 6) is -0.970. The summed E-state index contributed by atoms with van der Waals surface area (Å²) in [6, 6.07) is 11.5. The van der Waals surface area contributed by atoms with Gasteiger partial charge in [-0.15, -0.1) is 0 Å². The Balaban J connectivity index is 1.75. The molecule has 11 heteroatoms. The molecular weight excluding hydrogens is 435 g/mol. The second-order valence-corrected chi connectivity index (χ2v) is 8.31. The SMILES string of the molecule is C=CC(=O)NCc1ccc(Nc2nc(Nc3ccc(C)c(S(N)(=O)=O)c3)ncc2F)cc1. The summed E-state index contributed by atoms with van der Waals surface area (Å²) in [5, 5.41) is 13.6. The monoisotopic (exact) mass is 456 g/mol. The number of primary sulfonamides is 1. The molecule has 166 valence electrons. The minimum absolute atomic E-state index is 0.0349. The molecule has 0 fully saturated rings. The van der Waals surface area contributed by atoms with E-state index in [1.54, 1.807) is 43.3 Å². The van der Waals surface area contributed by atoms with Crippen LogP contribution in [0.2, 0.25) is 0 Å². The fourth-order valence-corrected chi connectivity index (χ4v) is 3.54. The van der Waals surface area contributed by atoms with Crippen molar-refractivity contribution in [2.24, 2.45) is 5.14 Å². The third-order valence-corrected chi connectivity index (χ3v) is 5.42. The molecule has 0 saturated heterocycles. The van der Waals surface area contributed by atoms with E-state index in [0.717, 1.165) is 11.8 Å². The number of nitrogens with one attached hydrogen (secondary N) is 3. The zero-order valence-corrected chi connectivity index (χ0v) is 17.9. The van der Waals surface area contributed by atoms with E-state index >= 15 is 0 Å². The number of carbonyl (C=O) groups excluding carboxylic acids is 1. The van der Waals surface area contributed by atoms with Gasteiger partial charge in [0.05, 0.1) is 11.1 Å². The van der Waals surface area contributed by atoms with Crippen LogP contribution in [0.5, 0.6) is 0 Å². The summed E-state index contributed by atoms with van der Waals surface area (Å²) < 4.78 is 37.6. The Hall–Kier alpha value is -3.83. The number of nitrogens with zero attached hydrogens (tertiary/aromatic N) is 2. The molecule has 5 N–H and O–H groups in total. The predicted molar refractivity (Wildman–Crippen MR) is 120 cm³/mol. The van der Waals surface area contributed by atoms with E-state index in [2.05, 4.69) is 32.5 Å². The van der Waals surface area contributed by atoms with E-state index in [4.69, 9.17) is 5.14 Å². The maximum Gasteiger partial charge on any atom is 0.243 e. The van der Waals surface area contributed by atoms with Crippen molar-refractivity contribution in [3.05, 3.63) is 78.3 Å². The minimum atomic E-state index is -3.90. The van der Waals surface area contributed by atoms with Gasteiger partial charge in [-0.2, -0.15) is 4.98 Å². The van der Waals surface area contributed by atoms with Crippen molar-refractivity contribution in [3.8, 4) is 0 Å². The number of hydrogen-bond acceptors (Lipinski definition) is 7. The first-order valence-electron chi connectivity index (χ1n) is 9.35. The summed E-state index contributed by atoms with van der Waals surface area (Å²) >= 11 is 0. The van der Waals surface area contributed by atoms with Crippen LogP contribution in [0.3, 0.4) is 0 Å². The quantitative estimate of drug-likeness (QED) is 0.382. The topological polar surface area (TPSA) is 139 Å². The molecule has 0 aliphatic carbocycles. The molecule has 1 heterocycles. The smallest absolute Gasteiger partial charge is 0.243 e. The Kier molecular flexibility index (Phi) is 6.81. The van der Waals surface area contributed by atoms with Crippen LogP contribution in [0.25, 0.3) is 0 Å². The number of sulfonamides is 1. The minimum Gasteiger partial charge on any atom is -0.348 e. The molecule has 1 aromatic heterocycles. The van der Waals surface area contributed by atoms with Gasteiger partial charge in [0.25, 0.3) is 0 Å². The highest BCUT2D eigenvalue weighted by molar-refractivity contribution is 7.89. The molecule has 0 unspecified atom stereocenters. The molecule has 0 spiro atoms. The highest BCUT2D eigenvalue weighted by Crippen LogP contribution is 2.23. The Morgan fingerprint density at radius 3 is 2.50 bits per heavy atom. The van der Waals surface area contributed by atoms with Gasteiger partial charge in [-0.3, -0.25) is 4.79 Å². The van der Waals surface area contributed by atoms with Crippen LogP contribution in [0.4, 0.5) is 27.5 Å². The van der Waals surface area contributed by atoms with Gasteiger partial charge in [-0.1, -0.05) is 24.8 Å². The number of hydrogen-bond donors (Lipinski definition) is 4. The molecule has 3 aromatic rings. The summed E-state index contributed by atoms with van der Waals surface area (Å²) in [4.78, 5) is 19.2. The molecule has 3 rings (SSSR count). The fourth-order valence-electron chi connectivity index (χ4n) is 2.73. The normalized spacial score (nSPS) is 11.0. The van der Waals surface area contributed by atoms with Crippen molar-refractivity contribution >= 4 is 39.1 Å². The lowest BCUT2D eigenvalue weighted by Gasteiger charge is -2.11. The molecule has 2 aromatic carbocycles. The third-order valence-electron chi connectivity index (χ3n) is 4.36. The van der Waals surface area contributed by atoms with Crippen LogP contribution < -0.4 is 21.1 Å². The number of halogens is 1. The molecule has 9 nitrogen and oxygen atoms in total. The van der Waals surface area contributed by atoms with Crippen molar-refractivity contribution in [2.45, 2.75) is 18.4 Å².